The average molecular weight is 274 g/mol. The summed E-state index contributed by atoms with van der Waals surface area (Å²) in [5, 5.41) is 3.60. The lowest BCUT2D eigenvalue weighted by atomic mass is 9.98. The second-order valence-corrected chi connectivity index (χ2v) is 5.99. The number of furan rings is 1. The van der Waals surface area contributed by atoms with Crippen molar-refractivity contribution in [3.8, 4) is 0 Å². The number of piperidine rings is 1. The Bertz CT molecular complexity index is 508. The molecule has 2 saturated heterocycles. The molecule has 4 heteroatoms. The van der Waals surface area contributed by atoms with Gasteiger partial charge in [0.1, 0.15) is 11.5 Å². The van der Waals surface area contributed by atoms with Gasteiger partial charge in [-0.3, -0.25) is 4.79 Å². The molecule has 1 aromatic heterocycles. The van der Waals surface area contributed by atoms with Crippen LogP contribution in [0.3, 0.4) is 0 Å². The molecule has 0 aliphatic carbocycles. The summed E-state index contributed by atoms with van der Waals surface area (Å²) in [6, 6.07) is 5.35. The molecule has 2 aliphatic rings. The van der Waals surface area contributed by atoms with E-state index in [4.69, 9.17) is 4.42 Å². The van der Waals surface area contributed by atoms with E-state index in [0.29, 0.717) is 18.1 Å². The van der Waals surface area contributed by atoms with E-state index in [0.717, 1.165) is 24.4 Å². The molecule has 1 amide bonds. The van der Waals surface area contributed by atoms with Crippen LogP contribution in [0.2, 0.25) is 0 Å². The summed E-state index contributed by atoms with van der Waals surface area (Å²) in [4.78, 5) is 14.1. The van der Waals surface area contributed by atoms with Gasteiger partial charge in [0, 0.05) is 31.2 Å². The maximum absolute atomic E-state index is 12.2. The lowest BCUT2D eigenvalue weighted by Crippen LogP contribution is -2.48. The summed E-state index contributed by atoms with van der Waals surface area (Å²) in [5.74, 6) is 1.65. The summed E-state index contributed by atoms with van der Waals surface area (Å²) in [6.45, 7) is 1.90. The maximum atomic E-state index is 12.2. The van der Waals surface area contributed by atoms with E-state index in [1.807, 2.05) is 31.0 Å². The molecule has 0 aromatic carbocycles. The molecule has 2 bridgehead atoms. The number of nitrogens with zero attached hydrogens (tertiary/aromatic N) is 1. The molecule has 0 saturated carbocycles. The fourth-order valence-corrected chi connectivity index (χ4v) is 3.34. The number of carbonyl (C=O) groups is 1. The Balaban J connectivity index is 1.60. The highest BCUT2D eigenvalue weighted by Crippen LogP contribution is 2.29. The van der Waals surface area contributed by atoms with Crippen LogP contribution in [0.25, 0.3) is 6.08 Å². The van der Waals surface area contributed by atoms with Gasteiger partial charge >= 0.3 is 0 Å². The Labute approximate surface area is 119 Å². The van der Waals surface area contributed by atoms with Gasteiger partial charge in [0.05, 0.1) is 0 Å². The van der Waals surface area contributed by atoms with Gasteiger partial charge in [0.15, 0.2) is 0 Å². The number of likely N-dealkylation sites (N-methyl/N-ethyl adjacent to an activating group) is 1. The van der Waals surface area contributed by atoms with Crippen molar-refractivity contribution in [1.82, 2.24) is 10.2 Å². The molecule has 4 nitrogen and oxygen atoms in total. The van der Waals surface area contributed by atoms with Gasteiger partial charge in [0.2, 0.25) is 5.91 Å². The quantitative estimate of drug-likeness (QED) is 0.861. The number of rotatable bonds is 3. The first-order valence-corrected chi connectivity index (χ1v) is 7.39. The topological polar surface area (TPSA) is 45.5 Å². The molecule has 3 rings (SSSR count). The second-order valence-electron chi connectivity index (χ2n) is 5.99. The number of hydrogen-bond acceptors (Lipinski definition) is 3. The lowest BCUT2D eigenvalue weighted by molar-refractivity contribution is -0.127. The van der Waals surface area contributed by atoms with Crippen molar-refractivity contribution in [2.45, 2.75) is 50.7 Å². The maximum Gasteiger partial charge on any atom is 0.246 e. The SMILES string of the molecule is Cc1ccc(C=CC(=O)N(C)C2CC3CCC(C2)N3)o1. The minimum absolute atomic E-state index is 0.0605. The van der Waals surface area contributed by atoms with Crippen LogP contribution in [-0.2, 0) is 4.79 Å². The Kier molecular flexibility index (Phi) is 3.66. The van der Waals surface area contributed by atoms with Gasteiger partial charge in [-0.1, -0.05) is 0 Å². The number of nitrogens with one attached hydrogen (secondary N) is 1. The third kappa shape index (κ3) is 2.80. The predicted octanol–water partition coefficient (Wildman–Crippen LogP) is 2.34. The molecule has 0 radical (unpaired) electrons. The van der Waals surface area contributed by atoms with Gasteiger partial charge in [-0.15, -0.1) is 0 Å². The van der Waals surface area contributed by atoms with Gasteiger partial charge in [-0.25, -0.2) is 0 Å². The van der Waals surface area contributed by atoms with Crippen LogP contribution < -0.4 is 5.32 Å². The minimum Gasteiger partial charge on any atom is -0.462 e. The third-order valence-corrected chi connectivity index (χ3v) is 4.49. The molecule has 3 heterocycles. The summed E-state index contributed by atoms with van der Waals surface area (Å²) >= 11 is 0. The molecule has 0 spiro atoms. The fraction of sp³-hybridized carbons (Fsp3) is 0.562. The lowest BCUT2D eigenvalue weighted by Gasteiger charge is -2.35. The van der Waals surface area contributed by atoms with Crippen molar-refractivity contribution in [3.63, 3.8) is 0 Å². The van der Waals surface area contributed by atoms with Crippen molar-refractivity contribution in [1.29, 1.82) is 0 Å². The van der Waals surface area contributed by atoms with Crippen molar-refractivity contribution < 1.29 is 9.21 Å². The Morgan fingerprint density at radius 3 is 2.65 bits per heavy atom. The summed E-state index contributed by atoms with van der Waals surface area (Å²) < 4.78 is 5.44. The molecular weight excluding hydrogens is 252 g/mol. The molecule has 2 unspecified atom stereocenters. The first kappa shape index (κ1) is 13.4. The number of fused-ring (bicyclic) bond motifs is 2. The van der Waals surface area contributed by atoms with Crippen molar-refractivity contribution in [3.05, 3.63) is 29.7 Å². The van der Waals surface area contributed by atoms with E-state index >= 15 is 0 Å². The zero-order chi connectivity index (χ0) is 14.1. The molecule has 2 aliphatic heterocycles. The van der Waals surface area contributed by atoms with Gasteiger partial charge in [-0.05, 0) is 50.8 Å². The van der Waals surface area contributed by atoms with Crippen LogP contribution in [0.4, 0.5) is 0 Å². The van der Waals surface area contributed by atoms with Crippen molar-refractivity contribution in [2.75, 3.05) is 7.05 Å². The largest absolute Gasteiger partial charge is 0.462 e. The summed E-state index contributed by atoms with van der Waals surface area (Å²) in [5.41, 5.74) is 0. The average Bonchev–Trinajstić information content (AvgIpc) is 3.01. The van der Waals surface area contributed by atoms with Gasteiger partial charge in [-0.2, -0.15) is 0 Å². The Morgan fingerprint density at radius 2 is 2.05 bits per heavy atom. The predicted molar refractivity (Wildman–Crippen MR) is 78.2 cm³/mol. The van der Waals surface area contributed by atoms with Crippen molar-refractivity contribution >= 4 is 12.0 Å². The highest BCUT2D eigenvalue weighted by Gasteiger charge is 2.35. The number of amides is 1. The molecule has 2 atom stereocenters. The van der Waals surface area contributed by atoms with E-state index in [9.17, 15) is 4.79 Å². The van der Waals surface area contributed by atoms with E-state index in [1.54, 1.807) is 12.2 Å². The number of carbonyl (C=O) groups excluding carboxylic acids is 1. The molecule has 2 fully saturated rings. The molecule has 1 aromatic rings. The van der Waals surface area contributed by atoms with Crippen LogP contribution in [0.1, 0.15) is 37.2 Å². The van der Waals surface area contributed by atoms with Crippen LogP contribution in [0.15, 0.2) is 22.6 Å². The van der Waals surface area contributed by atoms with E-state index in [2.05, 4.69) is 5.32 Å². The van der Waals surface area contributed by atoms with Gasteiger partial charge in [0.25, 0.3) is 0 Å². The zero-order valence-electron chi connectivity index (χ0n) is 12.1. The Morgan fingerprint density at radius 1 is 1.35 bits per heavy atom. The smallest absolute Gasteiger partial charge is 0.246 e. The van der Waals surface area contributed by atoms with Gasteiger partial charge < -0.3 is 14.6 Å². The second kappa shape index (κ2) is 5.44. The Hall–Kier alpha value is -1.55. The molecular formula is C16H22N2O2. The standard InChI is InChI=1S/C16H22N2O2/c1-11-3-6-15(20-11)7-8-16(19)18(2)14-9-12-4-5-13(10-14)17-12/h3,6-8,12-14,17H,4-5,9-10H2,1-2H3. The molecule has 20 heavy (non-hydrogen) atoms. The third-order valence-electron chi connectivity index (χ3n) is 4.49. The highest BCUT2D eigenvalue weighted by atomic mass is 16.3. The molecule has 1 N–H and O–H groups in total. The number of aryl methyl sites for hydroxylation is 1. The van der Waals surface area contributed by atoms with Crippen molar-refractivity contribution in [2.24, 2.45) is 0 Å². The first-order valence-electron chi connectivity index (χ1n) is 7.39. The summed E-state index contributed by atoms with van der Waals surface area (Å²) in [7, 11) is 1.91. The first-order chi connectivity index (χ1) is 9.61. The van der Waals surface area contributed by atoms with E-state index < -0.39 is 0 Å². The normalized spacial score (nSPS) is 29.0. The molecule has 108 valence electrons. The van der Waals surface area contributed by atoms with Crippen LogP contribution in [0.5, 0.6) is 0 Å². The zero-order valence-corrected chi connectivity index (χ0v) is 12.1. The minimum atomic E-state index is 0.0605. The van der Waals surface area contributed by atoms with Crippen LogP contribution in [0, 0.1) is 6.92 Å². The highest BCUT2D eigenvalue weighted by molar-refractivity contribution is 5.91. The monoisotopic (exact) mass is 274 g/mol. The van der Waals surface area contributed by atoms with Crippen LogP contribution in [-0.4, -0.2) is 36.0 Å². The van der Waals surface area contributed by atoms with E-state index in [-0.39, 0.29) is 5.91 Å². The van der Waals surface area contributed by atoms with Crippen LogP contribution >= 0.6 is 0 Å². The summed E-state index contributed by atoms with van der Waals surface area (Å²) in [6.07, 6.45) is 8.03. The fourth-order valence-electron chi connectivity index (χ4n) is 3.34. The van der Waals surface area contributed by atoms with E-state index in [1.165, 1.54) is 12.8 Å². The number of hydrogen-bond donors (Lipinski definition) is 1.